The van der Waals surface area contributed by atoms with Gasteiger partial charge in [0.2, 0.25) is 5.28 Å². The van der Waals surface area contributed by atoms with Crippen LogP contribution in [0, 0.1) is 11.8 Å². The maximum absolute atomic E-state index is 11.9. The molecule has 0 aromatic carbocycles. The Kier molecular flexibility index (Phi) is 6.66. The van der Waals surface area contributed by atoms with Crippen LogP contribution in [0.5, 0.6) is 0 Å². The van der Waals surface area contributed by atoms with E-state index in [1.807, 2.05) is 5.38 Å². The van der Waals surface area contributed by atoms with Crippen molar-refractivity contribution in [1.29, 1.82) is 0 Å². The quantitative estimate of drug-likeness (QED) is 0.348. The average Bonchev–Trinajstić information content (AvgIpc) is 3.46. The maximum atomic E-state index is 11.9. The van der Waals surface area contributed by atoms with Gasteiger partial charge in [0.1, 0.15) is 0 Å². The Morgan fingerprint density at radius 2 is 1.88 bits per heavy atom. The molecule has 3 unspecified atom stereocenters. The molecule has 2 saturated heterocycles. The molecule has 0 bridgehead atoms. The van der Waals surface area contributed by atoms with E-state index in [9.17, 15) is 14.0 Å². The molecule has 5 atom stereocenters. The summed E-state index contributed by atoms with van der Waals surface area (Å²) in [4.78, 5) is 38.9. The van der Waals surface area contributed by atoms with Crippen molar-refractivity contribution in [3.8, 4) is 0 Å². The molecule has 2 aliphatic heterocycles. The predicted molar refractivity (Wildman–Crippen MR) is 125 cm³/mol. The van der Waals surface area contributed by atoms with Crippen LogP contribution in [-0.2, 0) is 18.4 Å². The lowest BCUT2D eigenvalue weighted by molar-refractivity contribution is 0.0156. The van der Waals surface area contributed by atoms with Gasteiger partial charge in [-0.05, 0) is 54.5 Å². The Morgan fingerprint density at radius 3 is 2.58 bits per heavy atom. The molecule has 2 aromatic heterocycles. The largest absolute Gasteiger partial charge is 0.368 e. The number of thiophene rings is 1. The van der Waals surface area contributed by atoms with Gasteiger partial charge in [-0.2, -0.15) is 4.98 Å². The second-order valence-electron chi connectivity index (χ2n) is 9.10. The summed E-state index contributed by atoms with van der Waals surface area (Å²) in [6, 6.07) is 0. The topological polar surface area (TPSA) is 142 Å². The Labute approximate surface area is 200 Å². The van der Waals surface area contributed by atoms with Gasteiger partial charge in [0.05, 0.1) is 29.0 Å². The summed E-state index contributed by atoms with van der Waals surface area (Å²) >= 11 is 7.88. The highest BCUT2D eigenvalue weighted by atomic mass is 35.5. The van der Waals surface area contributed by atoms with E-state index < -0.39 is 27.2 Å². The Morgan fingerprint density at radius 1 is 1.15 bits per heavy atom. The number of halogens is 1. The number of rotatable bonds is 7. The summed E-state index contributed by atoms with van der Waals surface area (Å²) in [5.74, 6) is 1.12. The fourth-order valence-electron chi connectivity index (χ4n) is 5.28. The molecule has 5 rings (SSSR count). The average molecular weight is 538 g/mol. The van der Waals surface area contributed by atoms with Gasteiger partial charge >= 0.3 is 15.2 Å². The molecule has 10 nitrogen and oxygen atoms in total. The number of ether oxygens (including phenoxy) is 1. The van der Waals surface area contributed by atoms with E-state index in [-0.39, 0.29) is 18.0 Å². The molecule has 3 aliphatic rings. The second-order valence-corrected chi connectivity index (χ2v) is 14.3. The number of fused-ring (bicyclic) bond motifs is 2. The van der Waals surface area contributed by atoms with Crippen LogP contribution >= 0.6 is 38.1 Å². The van der Waals surface area contributed by atoms with Crippen LogP contribution in [0.3, 0.4) is 0 Å². The Bertz CT molecular complexity index is 1130. The molecular weight excluding hydrogens is 512 g/mol. The van der Waals surface area contributed by atoms with Crippen LogP contribution in [0.2, 0.25) is 5.28 Å². The lowest BCUT2D eigenvalue weighted by atomic mass is 10.0. The predicted octanol–water partition coefficient (Wildman–Crippen LogP) is 4.14. The van der Waals surface area contributed by atoms with Crippen molar-refractivity contribution >= 4 is 54.2 Å². The molecule has 0 radical (unpaired) electrons. The first-order valence-corrected chi connectivity index (χ1v) is 15.8. The van der Waals surface area contributed by atoms with Gasteiger partial charge in [0.25, 0.3) is 0 Å². The molecule has 1 saturated carbocycles. The van der Waals surface area contributed by atoms with E-state index in [4.69, 9.17) is 30.6 Å². The first kappa shape index (κ1) is 24.1. The monoisotopic (exact) mass is 537 g/mol. The highest BCUT2D eigenvalue weighted by Gasteiger charge is 2.38. The first-order valence-electron chi connectivity index (χ1n) is 10.9. The van der Waals surface area contributed by atoms with E-state index in [2.05, 4.69) is 14.9 Å². The second kappa shape index (κ2) is 9.12. The van der Waals surface area contributed by atoms with E-state index in [0.29, 0.717) is 12.8 Å². The van der Waals surface area contributed by atoms with Crippen LogP contribution in [0.1, 0.15) is 43.8 Å². The summed E-state index contributed by atoms with van der Waals surface area (Å²) in [6.07, 6.45) is 4.36. The van der Waals surface area contributed by atoms with Gasteiger partial charge in [-0.15, -0.1) is 11.3 Å². The van der Waals surface area contributed by atoms with Crippen molar-refractivity contribution in [2.45, 2.75) is 44.3 Å². The molecule has 182 valence electrons. The standard InChI is InChI=1S/C19H26ClN3O7P2S/c20-19-21-16-14(15-5-4-13(30-15)8-29-32(27,28)10-31(24,25)26)9-33-17(16)18(22-19)23-6-11-2-1-3-12(11)7-23/h9,11-13,15H,1-8,10H2,(H,27,28)(H2,24,25,26)/t11?,12?,13-,15+/m0/s1. The normalized spacial score (nSPS) is 29.6. The van der Waals surface area contributed by atoms with E-state index >= 15 is 0 Å². The zero-order valence-electron chi connectivity index (χ0n) is 17.7. The fraction of sp³-hybridized carbons (Fsp3) is 0.684. The van der Waals surface area contributed by atoms with Crippen molar-refractivity contribution in [3.63, 3.8) is 0 Å². The summed E-state index contributed by atoms with van der Waals surface area (Å²) in [5.41, 5.74) is 1.68. The molecule has 2 aromatic rings. The molecule has 4 heterocycles. The van der Waals surface area contributed by atoms with Gasteiger partial charge in [-0.1, -0.05) is 6.42 Å². The molecule has 3 fully saturated rings. The zero-order chi connectivity index (χ0) is 23.4. The summed E-state index contributed by atoms with van der Waals surface area (Å²) in [6.45, 7) is 1.77. The first-order chi connectivity index (χ1) is 15.6. The number of aromatic nitrogens is 2. The van der Waals surface area contributed by atoms with Crippen LogP contribution in [0.25, 0.3) is 10.2 Å². The zero-order valence-corrected chi connectivity index (χ0v) is 21.1. The number of anilines is 1. The minimum absolute atomic E-state index is 0.200. The third-order valence-corrected chi connectivity index (χ3v) is 11.3. The molecule has 0 spiro atoms. The minimum atomic E-state index is -4.66. The van der Waals surface area contributed by atoms with Crippen molar-refractivity contribution in [2.24, 2.45) is 11.8 Å². The smallest absolute Gasteiger partial charge is 0.340 e. The van der Waals surface area contributed by atoms with Crippen molar-refractivity contribution < 1.29 is 33.1 Å². The van der Waals surface area contributed by atoms with Gasteiger partial charge in [-0.3, -0.25) is 9.13 Å². The Hall–Kier alpha value is -0.610. The van der Waals surface area contributed by atoms with E-state index in [1.165, 1.54) is 19.3 Å². The van der Waals surface area contributed by atoms with Gasteiger partial charge in [0.15, 0.2) is 11.7 Å². The maximum Gasteiger partial charge on any atom is 0.340 e. The summed E-state index contributed by atoms with van der Waals surface area (Å²) < 4.78 is 34.9. The highest BCUT2D eigenvalue weighted by Crippen LogP contribution is 2.55. The van der Waals surface area contributed by atoms with Crippen molar-refractivity contribution in [3.05, 3.63) is 16.2 Å². The Balaban J connectivity index is 1.29. The molecular formula is C19H26ClN3O7P2S. The minimum Gasteiger partial charge on any atom is -0.368 e. The summed E-state index contributed by atoms with van der Waals surface area (Å²) in [7, 11) is -9.06. The summed E-state index contributed by atoms with van der Waals surface area (Å²) in [5, 5.41) is 2.21. The van der Waals surface area contributed by atoms with Crippen molar-refractivity contribution in [1.82, 2.24) is 9.97 Å². The SMILES string of the molecule is O=P(O)(O)CP(=O)(O)OC[C@@H]1CC[C@H](c2csc3c(N4CC5CCCC5C4)nc(Cl)nc23)O1. The molecule has 0 amide bonds. The molecule has 33 heavy (non-hydrogen) atoms. The molecule has 3 N–H and O–H groups in total. The van der Waals surface area contributed by atoms with Crippen molar-refractivity contribution in [2.75, 3.05) is 30.5 Å². The van der Waals surface area contributed by atoms with Crippen LogP contribution in [-0.4, -0.2) is 56.4 Å². The lowest BCUT2D eigenvalue weighted by Gasteiger charge is -2.19. The third-order valence-electron chi connectivity index (χ3n) is 6.70. The molecule has 14 heteroatoms. The van der Waals surface area contributed by atoms with Gasteiger partial charge in [-0.25, -0.2) is 4.98 Å². The molecule has 1 aliphatic carbocycles. The number of hydrogen-bond donors (Lipinski definition) is 3. The van der Waals surface area contributed by atoms with Gasteiger partial charge in [0, 0.05) is 18.7 Å². The van der Waals surface area contributed by atoms with E-state index in [1.54, 1.807) is 11.3 Å². The van der Waals surface area contributed by atoms with Crippen LogP contribution < -0.4 is 4.90 Å². The van der Waals surface area contributed by atoms with Gasteiger partial charge < -0.3 is 28.8 Å². The number of nitrogens with zero attached hydrogens (tertiary/aromatic N) is 3. The van der Waals surface area contributed by atoms with Crippen LogP contribution in [0.15, 0.2) is 5.38 Å². The third kappa shape index (κ3) is 5.32. The lowest BCUT2D eigenvalue weighted by Crippen LogP contribution is -2.22. The fourth-order valence-corrected chi connectivity index (χ4v) is 9.09. The highest BCUT2D eigenvalue weighted by molar-refractivity contribution is 7.70. The van der Waals surface area contributed by atoms with Crippen LogP contribution in [0.4, 0.5) is 5.82 Å². The van der Waals surface area contributed by atoms with E-state index in [0.717, 1.165) is 46.5 Å². The number of hydrogen-bond acceptors (Lipinski definition) is 8.